The number of carbonyl (C=O) groups is 1. The fraction of sp³-hybridized carbons (Fsp3) is 0.667. The Labute approximate surface area is 179 Å². The van der Waals surface area contributed by atoms with Gasteiger partial charge in [0.1, 0.15) is 5.75 Å². The van der Waals surface area contributed by atoms with Gasteiger partial charge in [-0.3, -0.25) is 10.0 Å². The monoisotopic (exact) mass is 424 g/mol. The predicted octanol–water partition coefficient (Wildman–Crippen LogP) is 2.66. The van der Waals surface area contributed by atoms with E-state index >= 15 is 0 Å². The van der Waals surface area contributed by atoms with Crippen molar-refractivity contribution in [1.29, 1.82) is 0 Å². The molecule has 2 fully saturated rings. The maximum absolute atomic E-state index is 11.8. The van der Waals surface area contributed by atoms with Crippen molar-refractivity contribution in [3.63, 3.8) is 0 Å². The SMILES string of the molecule is CC1CC(C)CN(C)C1.COc1cccc(SN2CCN(C)CC2)c1C(=O)NO. The second-order valence-corrected chi connectivity index (χ2v) is 9.40. The Hall–Kier alpha value is -1.32. The average Bonchev–Trinajstić information content (AvgIpc) is 2.68. The quantitative estimate of drug-likeness (QED) is 0.437. The minimum Gasteiger partial charge on any atom is -0.496 e. The van der Waals surface area contributed by atoms with Gasteiger partial charge in [-0.15, -0.1) is 0 Å². The molecule has 8 heteroatoms. The fourth-order valence-electron chi connectivity index (χ4n) is 4.03. The molecule has 2 heterocycles. The van der Waals surface area contributed by atoms with Crippen LogP contribution in [-0.4, -0.2) is 85.7 Å². The lowest BCUT2D eigenvalue weighted by Gasteiger charge is -2.31. The van der Waals surface area contributed by atoms with Crippen molar-refractivity contribution in [2.24, 2.45) is 11.8 Å². The number of rotatable bonds is 4. The van der Waals surface area contributed by atoms with Gasteiger partial charge in [0, 0.05) is 44.2 Å². The lowest BCUT2D eigenvalue weighted by Crippen LogP contribution is -2.41. The number of piperazine rings is 1. The van der Waals surface area contributed by atoms with Crippen LogP contribution < -0.4 is 10.2 Å². The van der Waals surface area contributed by atoms with Crippen LogP contribution in [0.4, 0.5) is 0 Å². The van der Waals surface area contributed by atoms with Crippen molar-refractivity contribution >= 4 is 17.9 Å². The van der Waals surface area contributed by atoms with Gasteiger partial charge in [-0.1, -0.05) is 19.9 Å². The summed E-state index contributed by atoms with van der Waals surface area (Å²) in [5.41, 5.74) is 2.04. The Morgan fingerprint density at radius 3 is 2.24 bits per heavy atom. The molecular formula is C21H36N4O3S. The van der Waals surface area contributed by atoms with Crippen LogP contribution in [0.15, 0.2) is 23.1 Å². The molecule has 1 aromatic rings. The normalized spacial score (nSPS) is 23.8. The molecule has 1 amide bonds. The van der Waals surface area contributed by atoms with Gasteiger partial charge in [0.2, 0.25) is 0 Å². The van der Waals surface area contributed by atoms with Gasteiger partial charge < -0.3 is 14.5 Å². The summed E-state index contributed by atoms with van der Waals surface area (Å²) in [7, 11) is 5.82. The molecular weight excluding hydrogens is 388 g/mol. The van der Waals surface area contributed by atoms with E-state index in [9.17, 15) is 4.79 Å². The molecule has 0 bridgehead atoms. The minimum atomic E-state index is -0.556. The summed E-state index contributed by atoms with van der Waals surface area (Å²) < 4.78 is 7.41. The van der Waals surface area contributed by atoms with Crippen molar-refractivity contribution < 1.29 is 14.7 Å². The molecule has 1 aromatic carbocycles. The molecule has 2 unspecified atom stereocenters. The van der Waals surface area contributed by atoms with E-state index in [1.165, 1.54) is 38.6 Å². The Morgan fingerprint density at radius 1 is 1.10 bits per heavy atom. The van der Waals surface area contributed by atoms with Gasteiger partial charge in [-0.05, 0) is 56.4 Å². The van der Waals surface area contributed by atoms with E-state index < -0.39 is 5.91 Å². The summed E-state index contributed by atoms with van der Waals surface area (Å²) in [5.74, 6) is 1.73. The van der Waals surface area contributed by atoms with Gasteiger partial charge >= 0.3 is 0 Å². The molecule has 2 saturated heterocycles. The van der Waals surface area contributed by atoms with Crippen molar-refractivity contribution in [3.8, 4) is 5.75 Å². The zero-order valence-electron chi connectivity index (χ0n) is 18.4. The lowest BCUT2D eigenvalue weighted by molar-refractivity contribution is 0.0699. The first-order valence-electron chi connectivity index (χ1n) is 10.3. The minimum absolute atomic E-state index is 0.362. The Balaban J connectivity index is 0.000000278. The second-order valence-electron chi connectivity index (χ2n) is 8.27. The van der Waals surface area contributed by atoms with Gasteiger partial charge in [0.05, 0.1) is 12.7 Å². The summed E-state index contributed by atoms with van der Waals surface area (Å²) >= 11 is 1.52. The molecule has 0 radical (unpaired) electrons. The van der Waals surface area contributed by atoms with Crippen LogP contribution in [0.5, 0.6) is 5.75 Å². The highest BCUT2D eigenvalue weighted by Gasteiger charge is 2.21. The number of likely N-dealkylation sites (tertiary alicyclic amines) is 1. The first-order valence-corrected chi connectivity index (χ1v) is 11.0. The number of amides is 1. The number of hydrogen-bond donors (Lipinski definition) is 2. The van der Waals surface area contributed by atoms with Crippen LogP contribution in [0.25, 0.3) is 0 Å². The van der Waals surface area contributed by atoms with Crippen molar-refractivity contribution in [2.75, 3.05) is 60.5 Å². The molecule has 2 aliphatic heterocycles. The van der Waals surface area contributed by atoms with Gasteiger partial charge in [0.25, 0.3) is 5.91 Å². The number of hydrogen-bond acceptors (Lipinski definition) is 7. The summed E-state index contributed by atoms with van der Waals surface area (Å²) in [6.45, 7) is 11.1. The number of hydroxylamine groups is 1. The van der Waals surface area contributed by atoms with E-state index in [1.807, 2.05) is 12.1 Å². The molecule has 2 aliphatic rings. The number of benzene rings is 1. The molecule has 0 saturated carbocycles. The van der Waals surface area contributed by atoms with E-state index in [-0.39, 0.29) is 0 Å². The molecule has 2 atom stereocenters. The van der Waals surface area contributed by atoms with E-state index in [4.69, 9.17) is 9.94 Å². The molecule has 0 spiro atoms. The number of ether oxygens (including phenoxy) is 1. The largest absolute Gasteiger partial charge is 0.496 e. The third kappa shape index (κ3) is 7.46. The van der Waals surface area contributed by atoms with Gasteiger partial charge in [-0.25, -0.2) is 9.79 Å². The number of carbonyl (C=O) groups excluding carboxylic acids is 1. The standard InChI is InChI=1S/C13H19N3O3S.C8H17N/c1-15-6-8-16(9-7-15)20-11-5-3-4-10(19-2)12(11)13(17)14-18;1-7-4-8(2)6-9(3)5-7/h3-5,18H,6-9H2,1-2H3,(H,14,17);7-8H,4-6H2,1-3H3. The topological polar surface area (TPSA) is 68.3 Å². The molecule has 29 heavy (non-hydrogen) atoms. The lowest BCUT2D eigenvalue weighted by atomic mass is 9.92. The predicted molar refractivity (Wildman–Crippen MR) is 118 cm³/mol. The van der Waals surface area contributed by atoms with E-state index in [2.05, 4.69) is 42.0 Å². The van der Waals surface area contributed by atoms with Crippen LogP contribution in [0.1, 0.15) is 30.6 Å². The van der Waals surface area contributed by atoms with Crippen LogP contribution >= 0.6 is 11.9 Å². The molecule has 0 aliphatic carbocycles. The van der Waals surface area contributed by atoms with Crippen LogP contribution in [-0.2, 0) is 0 Å². The van der Waals surface area contributed by atoms with Crippen LogP contribution in [0.3, 0.4) is 0 Å². The summed E-state index contributed by atoms with van der Waals surface area (Å²) in [4.78, 5) is 17.3. The fourth-order valence-corrected chi connectivity index (χ4v) is 5.08. The van der Waals surface area contributed by atoms with E-state index in [0.29, 0.717) is 11.3 Å². The third-order valence-corrected chi connectivity index (χ3v) is 6.44. The number of likely N-dealkylation sites (N-methyl/N-ethyl adjacent to an activating group) is 1. The highest BCUT2D eigenvalue weighted by molar-refractivity contribution is 7.97. The Kier molecular flexibility index (Phi) is 9.71. The first-order chi connectivity index (χ1) is 13.8. The highest BCUT2D eigenvalue weighted by Crippen LogP contribution is 2.32. The molecule has 0 aromatic heterocycles. The first kappa shape index (κ1) is 24.0. The summed E-state index contributed by atoms with van der Waals surface area (Å²) in [6.07, 6.45) is 1.42. The van der Waals surface area contributed by atoms with Gasteiger partial charge in [0.15, 0.2) is 0 Å². The number of nitrogens with zero attached hydrogens (tertiary/aromatic N) is 3. The van der Waals surface area contributed by atoms with Gasteiger partial charge in [-0.2, -0.15) is 0 Å². The van der Waals surface area contributed by atoms with Crippen molar-refractivity contribution in [1.82, 2.24) is 19.6 Å². The molecule has 7 nitrogen and oxygen atoms in total. The highest BCUT2D eigenvalue weighted by atomic mass is 32.2. The second kappa shape index (κ2) is 11.8. The van der Waals surface area contributed by atoms with Crippen LogP contribution in [0, 0.1) is 11.8 Å². The number of nitrogens with one attached hydrogen (secondary N) is 1. The summed E-state index contributed by atoms with van der Waals surface area (Å²) in [5, 5.41) is 8.89. The zero-order valence-corrected chi connectivity index (χ0v) is 19.2. The Morgan fingerprint density at radius 2 is 1.72 bits per heavy atom. The zero-order chi connectivity index (χ0) is 21.4. The van der Waals surface area contributed by atoms with Crippen molar-refractivity contribution in [2.45, 2.75) is 25.2 Å². The van der Waals surface area contributed by atoms with E-state index in [1.54, 1.807) is 11.5 Å². The van der Waals surface area contributed by atoms with Crippen molar-refractivity contribution in [3.05, 3.63) is 23.8 Å². The summed E-state index contributed by atoms with van der Waals surface area (Å²) in [6, 6.07) is 5.40. The van der Waals surface area contributed by atoms with E-state index in [0.717, 1.165) is 42.9 Å². The Bertz CT molecular complexity index is 628. The van der Waals surface area contributed by atoms with Crippen LogP contribution in [0.2, 0.25) is 0 Å². The average molecular weight is 425 g/mol. The molecule has 164 valence electrons. The molecule has 3 rings (SSSR count). The smallest absolute Gasteiger partial charge is 0.279 e. The number of methoxy groups -OCH3 is 1. The maximum Gasteiger partial charge on any atom is 0.279 e. The number of piperidine rings is 1. The maximum atomic E-state index is 11.8. The third-order valence-electron chi connectivity index (χ3n) is 5.28. The molecule has 2 N–H and O–H groups in total.